The monoisotopic (exact) mass is 266 g/mol. The fourth-order valence-electron chi connectivity index (χ4n) is 1.91. The Morgan fingerprint density at radius 2 is 1.37 bits per heavy atom. The molecule has 0 saturated carbocycles. The summed E-state index contributed by atoms with van der Waals surface area (Å²) in [5.74, 6) is 6.39. The molecule has 19 heavy (non-hydrogen) atoms. The van der Waals surface area contributed by atoms with Gasteiger partial charge in [0, 0.05) is 19.3 Å². The van der Waals surface area contributed by atoms with Crippen molar-refractivity contribution in [3.63, 3.8) is 0 Å². The summed E-state index contributed by atoms with van der Waals surface area (Å²) < 4.78 is 4.61. The van der Waals surface area contributed by atoms with Gasteiger partial charge in [-0.1, -0.05) is 45.4 Å². The molecule has 0 aliphatic heterocycles. The third-order valence-corrected chi connectivity index (χ3v) is 3.19. The molecule has 0 aromatic rings. The van der Waals surface area contributed by atoms with Gasteiger partial charge in [-0.3, -0.25) is 4.79 Å². The van der Waals surface area contributed by atoms with Crippen LogP contribution in [0.15, 0.2) is 0 Å². The van der Waals surface area contributed by atoms with Crippen molar-refractivity contribution in [2.45, 2.75) is 84.0 Å². The lowest BCUT2D eigenvalue weighted by Crippen LogP contribution is -1.99. The summed E-state index contributed by atoms with van der Waals surface area (Å²) >= 11 is 0. The highest BCUT2D eigenvalue weighted by Crippen LogP contribution is 2.09. The molecule has 0 heterocycles. The number of unbranched alkanes of at least 4 members (excludes halogenated alkanes) is 9. The fourth-order valence-corrected chi connectivity index (χ4v) is 1.91. The zero-order chi connectivity index (χ0) is 14.2. The number of hydrogen-bond acceptors (Lipinski definition) is 2. The van der Waals surface area contributed by atoms with Crippen molar-refractivity contribution in [3.8, 4) is 11.8 Å². The van der Waals surface area contributed by atoms with Crippen molar-refractivity contribution in [3.05, 3.63) is 0 Å². The number of rotatable bonds is 11. The topological polar surface area (TPSA) is 26.3 Å². The summed E-state index contributed by atoms with van der Waals surface area (Å²) in [5, 5.41) is 0. The number of esters is 1. The molecule has 0 saturated heterocycles. The second-order valence-corrected chi connectivity index (χ2v) is 5.01. The summed E-state index contributed by atoms with van der Waals surface area (Å²) in [4.78, 5) is 10.9. The number of carbonyl (C=O) groups excluding carboxylic acids is 1. The van der Waals surface area contributed by atoms with E-state index in [1.807, 2.05) is 0 Å². The lowest BCUT2D eigenvalue weighted by Gasteiger charge is -2.00. The van der Waals surface area contributed by atoms with Gasteiger partial charge in [0.1, 0.15) is 0 Å². The Labute approximate surface area is 119 Å². The lowest BCUT2D eigenvalue weighted by atomic mass is 10.1. The summed E-state index contributed by atoms with van der Waals surface area (Å²) in [7, 11) is 1.45. The molecule has 0 aromatic carbocycles. The van der Waals surface area contributed by atoms with Crippen LogP contribution in [0.3, 0.4) is 0 Å². The van der Waals surface area contributed by atoms with Gasteiger partial charge in [0.05, 0.1) is 7.11 Å². The zero-order valence-electron chi connectivity index (χ0n) is 12.8. The van der Waals surface area contributed by atoms with Crippen LogP contribution in [-0.2, 0) is 9.53 Å². The molecule has 0 spiro atoms. The number of carbonyl (C=O) groups is 1. The first kappa shape index (κ1) is 18.0. The summed E-state index contributed by atoms with van der Waals surface area (Å²) in [6.07, 6.45) is 13.6. The Morgan fingerprint density at radius 3 is 1.95 bits per heavy atom. The van der Waals surface area contributed by atoms with Crippen molar-refractivity contribution in [2.75, 3.05) is 7.11 Å². The van der Waals surface area contributed by atoms with Crippen LogP contribution in [0, 0.1) is 11.8 Å². The Kier molecular flexibility index (Phi) is 14.3. The zero-order valence-corrected chi connectivity index (χ0v) is 12.8. The van der Waals surface area contributed by atoms with Crippen molar-refractivity contribution >= 4 is 5.97 Å². The first-order chi connectivity index (χ1) is 9.31. The molecule has 0 radical (unpaired) electrons. The molecule has 0 aromatic heterocycles. The molecule has 0 unspecified atom stereocenters. The van der Waals surface area contributed by atoms with Gasteiger partial charge in [0.15, 0.2) is 0 Å². The first-order valence-corrected chi connectivity index (χ1v) is 7.83. The Morgan fingerprint density at radius 1 is 0.842 bits per heavy atom. The largest absolute Gasteiger partial charge is 0.469 e. The Hall–Kier alpha value is -0.970. The fraction of sp³-hybridized carbons (Fsp3) is 0.824. The van der Waals surface area contributed by atoms with E-state index in [9.17, 15) is 4.79 Å². The molecule has 0 aliphatic rings. The van der Waals surface area contributed by atoms with E-state index in [-0.39, 0.29) is 5.97 Å². The van der Waals surface area contributed by atoms with Crippen LogP contribution in [0.2, 0.25) is 0 Å². The minimum atomic E-state index is -0.0818. The van der Waals surface area contributed by atoms with E-state index < -0.39 is 0 Å². The van der Waals surface area contributed by atoms with E-state index in [4.69, 9.17) is 0 Å². The highest BCUT2D eigenvalue weighted by atomic mass is 16.5. The molecule has 0 aliphatic carbocycles. The van der Waals surface area contributed by atoms with Gasteiger partial charge in [0.25, 0.3) is 0 Å². The molecule has 0 rings (SSSR count). The minimum absolute atomic E-state index is 0.0818. The molecule has 0 fully saturated rings. The van der Waals surface area contributed by atoms with Crippen LogP contribution in [-0.4, -0.2) is 13.1 Å². The van der Waals surface area contributed by atoms with Crippen LogP contribution < -0.4 is 0 Å². The lowest BCUT2D eigenvalue weighted by molar-refractivity contribution is -0.140. The maximum absolute atomic E-state index is 10.9. The van der Waals surface area contributed by atoms with Gasteiger partial charge in [0.2, 0.25) is 0 Å². The van der Waals surface area contributed by atoms with E-state index >= 15 is 0 Å². The molecule has 0 bridgehead atoms. The quantitative estimate of drug-likeness (QED) is 0.303. The van der Waals surface area contributed by atoms with E-state index in [0.29, 0.717) is 6.42 Å². The maximum Gasteiger partial charge on any atom is 0.305 e. The Balaban J connectivity index is 3.10. The van der Waals surface area contributed by atoms with Crippen LogP contribution in [0.5, 0.6) is 0 Å². The third kappa shape index (κ3) is 15.0. The smallest absolute Gasteiger partial charge is 0.305 e. The SMILES string of the molecule is CCCCC#CCCCCCCCCCC(=O)OC. The molecular weight excluding hydrogens is 236 g/mol. The predicted molar refractivity (Wildman–Crippen MR) is 80.9 cm³/mol. The summed E-state index contributed by atoms with van der Waals surface area (Å²) in [6.45, 7) is 2.20. The number of hydrogen-bond donors (Lipinski definition) is 0. The highest BCUT2D eigenvalue weighted by molar-refractivity contribution is 5.68. The normalized spacial score (nSPS) is 9.79. The van der Waals surface area contributed by atoms with Crippen LogP contribution in [0.4, 0.5) is 0 Å². The number of methoxy groups -OCH3 is 1. The van der Waals surface area contributed by atoms with Crippen LogP contribution >= 0.6 is 0 Å². The van der Waals surface area contributed by atoms with Gasteiger partial charge < -0.3 is 4.74 Å². The van der Waals surface area contributed by atoms with Gasteiger partial charge in [-0.2, -0.15) is 0 Å². The molecule has 2 nitrogen and oxygen atoms in total. The maximum atomic E-state index is 10.9. The van der Waals surface area contributed by atoms with E-state index in [1.54, 1.807) is 0 Å². The van der Waals surface area contributed by atoms with Gasteiger partial charge in [-0.05, 0) is 19.3 Å². The Bertz CT molecular complexity index is 260. The predicted octanol–water partition coefficient (Wildman–Crippen LogP) is 4.86. The molecule has 0 N–H and O–H groups in total. The van der Waals surface area contributed by atoms with Crippen molar-refractivity contribution in [1.29, 1.82) is 0 Å². The van der Waals surface area contributed by atoms with Crippen molar-refractivity contribution in [1.82, 2.24) is 0 Å². The average Bonchev–Trinajstić information content (AvgIpc) is 2.43. The van der Waals surface area contributed by atoms with E-state index in [2.05, 4.69) is 23.5 Å². The van der Waals surface area contributed by atoms with Crippen molar-refractivity contribution < 1.29 is 9.53 Å². The van der Waals surface area contributed by atoms with Crippen molar-refractivity contribution in [2.24, 2.45) is 0 Å². The second kappa shape index (κ2) is 15.1. The standard InChI is InChI=1S/C17H30O2/c1-3-4-5-6-7-8-9-10-11-12-13-14-15-16-17(18)19-2/h3-5,8-16H2,1-2H3. The van der Waals surface area contributed by atoms with Crippen LogP contribution in [0.25, 0.3) is 0 Å². The molecular formula is C17H30O2. The summed E-state index contributed by atoms with van der Waals surface area (Å²) in [6, 6.07) is 0. The highest BCUT2D eigenvalue weighted by Gasteiger charge is 1.98. The second-order valence-electron chi connectivity index (χ2n) is 5.01. The van der Waals surface area contributed by atoms with E-state index in [0.717, 1.165) is 25.7 Å². The molecule has 0 amide bonds. The van der Waals surface area contributed by atoms with Gasteiger partial charge >= 0.3 is 5.97 Å². The first-order valence-electron chi connectivity index (χ1n) is 7.83. The third-order valence-electron chi connectivity index (χ3n) is 3.19. The molecule has 2 heteroatoms. The van der Waals surface area contributed by atoms with Gasteiger partial charge in [-0.25, -0.2) is 0 Å². The number of ether oxygens (including phenoxy) is 1. The van der Waals surface area contributed by atoms with E-state index in [1.165, 1.54) is 52.1 Å². The average molecular weight is 266 g/mol. The van der Waals surface area contributed by atoms with Gasteiger partial charge in [-0.15, -0.1) is 11.8 Å². The molecule has 110 valence electrons. The van der Waals surface area contributed by atoms with Crippen LogP contribution in [0.1, 0.15) is 84.0 Å². The minimum Gasteiger partial charge on any atom is -0.469 e. The molecule has 0 atom stereocenters. The summed E-state index contributed by atoms with van der Waals surface area (Å²) in [5.41, 5.74) is 0.